The van der Waals surface area contributed by atoms with Crippen molar-refractivity contribution in [2.75, 3.05) is 0 Å². The minimum Gasteiger partial charge on any atom is -0.394 e. The Morgan fingerprint density at radius 2 is 1.32 bits per heavy atom. The molecule has 0 unspecified atom stereocenters. The first-order valence-electron chi connectivity index (χ1n) is 7.93. The van der Waals surface area contributed by atoms with Crippen LogP contribution in [0.4, 0.5) is 0 Å². The van der Waals surface area contributed by atoms with Crippen molar-refractivity contribution in [3.05, 3.63) is 23.8 Å². The number of rotatable bonds is 3. The van der Waals surface area contributed by atoms with Gasteiger partial charge >= 0.3 is 0 Å². The molecular formula is C18H37O3Zr-. The van der Waals surface area contributed by atoms with Gasteiger partial charge in [0.15, 0.2) is 0 Å². The van der Waals surface area contributed by atoms with Crippen LogP contribution in [0, 0.1) is 6.08 Å². The monoisotopic (exact) mass is 391 g/mol. The zero-order valence-electron chi connectivity index (χ0n) is 15.6. The molecule has 1 rings (SSSR count). The standard InChI is InChI=1S/C9H13.3C3H8O.Zr/c1-2-3-6-9-7-4-5-8-9;3*1-3(2)4;/h4,7H,2-3,5-6H2,1H3;3*3-4H,1-2H3;/q-1;;;;. The fourth-order valence-corrected chi connectivity index (χ4v) is 0.989. The SMILES string of the molecule is CC(C)O.CC(C)O.CC(C)O.CCCCC1=[C-]CC=C1.[Zr]. The maximum Gasteiger partial charge on any atom is 0.0483 e. The van der Waals surface area contributed by atoms with Crippen LogP contribution < -0.4 is 0 Å². The number of hydrogen-bond acceptors (Lipinski definition) is 3. The minimum atomic E-state index is -0.167. The van der Waals surface area contributed by atoms with E-state index in [0.29, 0.717) is 0 Å². The molecule has 0 aromatic heterocycles. The Bertz CT molecular complexity index is 224. The predicted octanol–water partition coefficient (Wildman–Crippen LogP) is 4.02. The van der Waals surface area contributed by atoms with Crippen LogP contribution in [0.5, 0.6) is 0 Å². The van der Waals surface area contributed by atoms with Gasteiger partial charge in [-0.05, 0) is 41.5 Å². The van der Waals surface area contributed by atoms with Gasteiger partial charge in [-0.3, -0.25) is 6.08 Å². The zero-order chi connectivity index (χ0) is 17.3. The van der Waals surface area contributed by atoms with Crippen molar-refractivity contribution in [3.63, 3.8) is 0 Å². The van der Waals surface area contributed by atoms with Gasteiger partial charge in [-0.15, -0.1) is 6.42 Å². The summed E-state index contributed by atoms with van der Waals surface area (Å²) in [4.78, 5) is 0. The molecule has 0 atom stereocenters. The van der Waals surface area contributed by atoms with E-state index in [-0.39, 0.29) is 44.5 Å². The van der Waals surface area contributed by atoms with Gasteiger partial charge in [-0.25, -0.2) is 11.6 Å². The van der Waals surface area contributed by atoms with E-state index in [2.05, 4.69) is 25.2 Å². The normalized spacial score (nSPS) is 11.6. The molecule has 4 heteroatoms. The van der Waals surface area contributed by atoms with Crippen molar-refractivity contribution in [2.45, 2.75) is 92.5 Å². The van der Waals surface area contributed by atoms with Gasteiger partial charge in [-0.1, -0.05) is 26.2 Å². The van der Waals surface area contributed by atoms with E-state index in [0.717, 1.165) is 6.42 Å². The van der Waals surface area contributed by atoms with E-state index in [1.54, 1.807) is 41.5 Å². The van der Waals surface area contributed by atoms with E-state index in [4.69, 9.17) is 15.3 Å². The molecule has 0 spiro atoms. The van der Waals surface area contributed by atoms with E-state index < -0.39 is 0 Å². The van der Waals surface area contributed by atoms with Gasteiger partial charge < -0.3 is 15.3 Å². The van der Waals surface area contributed by atoms with Crippen molar-refractivity contribution in [1.82, 2.24) is 0 Å². The van der Waals surface area contributed by atoms with Crippen LogP contribution in [0.15, 0.2) is 17.7 Å². The average molecular weight is 393 g/mol. The molecule has 0 heterocycles. The van der Waals surface area contributed by atoms with Gasteiger partial charge in [-0.2, -0.15) is 6.08 Å². The molecule has 1 aliphatic carbocycles. The molecule has 0 aliphatic heterocycles. The molecule has 22 heavy (non-hydrogen) atoms. The van der Waals surface area contributed by atoms with E-state index in [1.807, 2.05) is 0 Å². The Balaban J connectivity index is -0.000000107. The molecule has 1 aliphatic rings. The van der Waals surface area contributed by atoms with E-state index >= 15 is 0 Å². The maximum absolute atomic E-state index is 8.06. The molecule has 0 amide bonds. The van der Waals surface area contributed by atoms with Crippen molar-refractivity contribution in [3.8, 4) is 0 Å². The third-order valence-corrected chi connectivity index (χ3v) is 1.57. The first-order chi connectivity index (χ1) is 9.63. The van der Waals surface area contributed by atoms with Crippen LogP contribution >= 0.6 is 0 Å². The number of unbranched alkanes of at least 4 members (excludes halogenated alkanes) is 1. The van der Waals surface area contributed by atoms with Crippen molar-refractivity contribution < 1.29 is 41.5 Å². The third-order valence-electron chi connectivity index (χ3n) is 1.57. The summed E-state index contributed by atoms with van der Waals surface area (Å²) in [5.41, 5.74) is 1.41. The fraction of sp³-hybridized carbons (Fsp3) is 0.778. The molecule has 0 saturated carbocycles. The molecule has 3 nitrogen and oxygen atoms in total. The topological polar surface area (TPSA) is 60.7 Å². The van der Waals surface area contributed by atoms with Gasteiger partial charge in [0.2, 0.25) is 0 Å². The predicted molar refractivity (Wildman–Crippen MR) is 92.1 cm³/mol. The van der Waals surface area contributed by atoms with Gasteiger partial charge in [0, 0.05) is 44.5 Å². The first-order valence-corrected chi connectivity index (χ1v) is 7.93. The molecule has 3 N–H and O–H groups in total. The largest absolute Gasteiger partial charge is 0.394 e. The second kappa shape index (κ2) is 23.5. The Morgan fingerprint density at radius 3 is 1.55 bits per heavy atom. The van der Waals surface area contributed by atoms with Gasteiger partial charge in [0.25, 0.3) is 0 Å². The van der Waals surface area contributed by atoms with Crippen molar-refractivity contribution >= 4 is 0 Å². The number of aliphatic hydroxyl groups excluding tert-OH is 3. The minimum absolute atomic E-state index is 0. The van der Waals surface area contributed by atoms with E-state index in [1.165, 1.54) is 24.8 Å². The number of hydrogen-bond donors (Lipinski definition) is 3. The first kappa shape index (κ1) is 30.2. The quantitative estimate of drug-likeness (QED) is 0.636. The van der Waals surface area contributed by atoms with Crippen LogP contribution in [-0.4, -0.2) is 33.6 Å². The summed E-state index contributed by atoms with van der Waals surface area (Å²) in [6, 6.07) is 0. The van der Waals surface area contributed by atoms with Crippen molar-refractivity contribution in [1.29, 1.82) is 0 Å². The summed E-state index contributed by atoms with van der Waals surface area (Å²) in [5.74, 6) is 0. The Morgan fingerprint density at radius 1 is 0.955 bits per heavy atom. The molecule has 0 saturated heterocycles. The fourth-order valence-electron chi connectivity index (χ4n) is 0.989. The van der Waals surface area contributed by atoms with Crippen molar-refractivity contribution in [2.24, 2.45) is 0 Å². The van der Waals surface area contributed by atoms with Crippen LogP contribution in [-0.2, 0) is 26.2 Å². The Kier molecular flexibility index (Phi) is 32.2. The summed E-state index contributed by atoms with van der Waals surface area (Å²) in [5, 5.41) is 24.2. The summed E-state index contributed by atoms with van der Waals surface area (Å²) in [6.07, 6.45) is 12.0. The maximum atomic E-state index is 8.06. The number of allylic oxidation sites excluding steroid dienone is 4. The van der Waals surface area contributed by atoms with Gasteiger partial charge in [0.1, 0.15) is 0 Å². The third kappa shape index (κ3) is 59.3. The van der Waals surface area contributed by atoms with Crippen LogP contribution in [0.1, 0.15) is 74.1 Å². The second-order valence-corrected chi connectivity index (χ2v) is 5.69. The summed E-state index contributed by atoms with van der Waals surface area (Å²) < 4.78 is 0. The molecule has 0 aromatic rings. The Labute approximate surface area is 157 Å². The molecule has 0 radical (unpaired) electrons. The summed E-state index contributed by atoms with van der Waals surface area (Å²) >= 11 is 0. The molecule has 0 fully saturated rings. The smallest absolute Gasteiger partial charge is 0.0483 e. The van der Waals surface area contributed by atoms with Crippen LogP contribution in [0.25, 0.3) is 0 Å². The average Bonchev–Trinajstić information content (AvgIpc) is 2.76. The summed E-state index contributed by atoms with van der Waals surface area (Å²) in [7, 11) is 0. The Hall–Kier alpha value is 0.243. The summed E-state index contributed by atoms with van der Waals surface area (Å²) in [6.45, 7) is 12.6. The van der Waals surface area contributed by atoms with Crippen LogP contribution in [0.3, 0.4) is 0 Å². The molecular weight excluding hydrogens is 355 g/mol. The van der Waals surface area contributed by atoms with E-state index in [9.17, 15) is 0 Å². The molecule has 0 bridgehead atoms. The van der Waals surface area contributed by atoms with Crippen LogP contribution in [0.2, 0.25) is 0 Å². The number of aliphatic hydroxyl groups is 3. The molecule has 132 valence electrons. The van der Waals surface area contributed by atoms with Gasteiger partial charge in [0.05, 0.1) is 0 Å². The zero-order valence-corrected chi connectivity index (χ0v) is 18.0. The molecule has 0 aromatic carbocycles. The second-order valence-electron chi connectivity index (χ2n) is 5.69.